The van der Waals surface area contributed by atoms with E-state index in [2.05, 4.69) is 17.0 Å². The molecule has 2 aromatic carbocycles. The predicted molar refractivity (Wildman–Crippen MR) is 98.8 cm³/mol. The maximum Gasteiger partial charge on any atom is 0.337 e. The van der Waals surface area contributed by atoms with Crippen LogP contribution >= 0.6 is 0 Å². The minimum absolute atomic E-state index is 0.0641. The lowest BCUT2D eigenvalue weighted by atomic mass is 9.75. The first-order valence-corrected chi connectivity index (χ1v) is 8.78. The zero-order valence-corrected chi connectivity index (χ0v) is 15.0. The first-order valence-electron chi connectivity index (χ1n) is 8.78. The van der Waals surface area contributed by atoms with Gasteiger partial charge in [-0.05, 0) is 23.3 Å². The van der Waals surface area contributed by atoms with E-state index in [-0.39, 0.29) is 25.1 Å². The number of carbonyl (C=O) groups is 1. The van der Waals surface area contributed by atoms with Gasteiger partial charge in [-0.15, -0.1) is 0 Å². The highest BCUT2D eigenvalue weighted by molar-refractivity contribution is 5.89. The Bertz CT molecular complexity index is 743. The molecule has 1 unspecified atom stereocenters. The topological polar surface area (TPSA) is 70.0 Å². The van der Waals surface area contributed by atoms with Gasteiger partial charge in [0, 0.05) is 31.0 Å². The third kappa shape index (κ3) is 3.65. The van der Waals surface area contributed by atoms with Crippen molar-refractivity contribution in [1.29, 1.82) is 0 Å². The van der Waals surface area contributed by atoms with Crippen molar-refractivity contribution < 1.29 is 19.7 Å². The van der Waals surface area contributed by atoms with Crippen molar-refractivity contribution in [2.75, 3.05) is 33.4 Å². The van der Waals surface area contributed by atoms with E-state index in [1.165, 1.54) is 12.7 Å². The lowest BCUT2D eigenvalue weighted by Gasteiger charge is -2.31. The van der Waals surface area contributed by atoms with Crippen molar-refractivity contribution in [3.63, 3.8) is 0 Å². The standard InChI is InChI=1S/C21H25NO4/c1-26-20(25)18-9-5-8-17(10-18)19-12-22(13-21(19,14-23)15-24)11-16-6-3-2-4-7-16/h2-10,19,23-24H,11-15H2,1H3. The Kier molecular flexibility index (Phi) is 5.71. The van der Waals surface area contributed by atoms with E-state index in [1.54, 1.807) is 6.07 Å². The Hall–Kier alpha value is -2.21. The van der Waals surface area contributed by atoms with Gasteiger partial charge in [0.2, 0.25) is 0 Å². The Morgan fingerprint density at radius 3 is 2.54 bits per heavy atom. The zero-order valence-electron chi connectivity index (χ0n) is 15.0. The summed E-state index contributed by atoms with van der Waals surface area (Å²) in [5.74, 6) is -0.449. The smallest absolute Gasteiger partial charge is 0.337 e. The number of ether oxygens (including phenoxy) is 1. The molecule has 5 nitrogen and oxygen atoms in total. The van der Waals surface area contributed by atoms with E-state index >= 15 is 0 Å². The molecule has 26 heavy (non-hydrogen) atoms. The second-order valence-electron chi connectivity index (χ2n) is 7.00. The van der Waals surface area contributed by atoms with Gasteiger partial charge in [-0.3, -0.25) is 4.90 Å². The summed E-state index contributed by atoms with van der Waals surface area (Å²) in [7, 11) is 1.36. The summed E-state index contributed by atoms with van der Waals surface area (Å²) in [6.07, 6.45) is 0. The van der Waals surface area contributed by atoms with Gasteiger partial charge in [-0.1, -0.05) is 42.5 Å². The molecule has 0 saturated carbocycles. The lowest BCUT2D eigenvalue weighted by Crippen LogP contribution is -2.37. The summed E-state index contributed by atoms with van der Waals surface area (Å²) in [5, 5.41) is 20.2. The lowest BCUT2D eigenvalue weighted by molar-refractivity contribution is 0.0493. The summed E-state index contributed by atoms with van der Waals surface area (Å²) in [4.78, 5) is 14.1. The van der Waals surface area contributed by atoms with Crippen molar-refractivity contribution in [2.45, 2.75) is 12.5 Å². The van der Waals surface area contributed by atoms with E-state index in [1.807, 2.05) is 36.4 Å². The SMILES string of the molecule is COC(=O)c1cccc(C2CN(Cc3ccccc3)CC2(CO)CO)c1. The Balaban J connectivity index is 1.88. The largest absolute Gasteiger partial charge is 0.465 e. The van der Waals surface area contributed by atoms with Crippen LogP contribution in [0.15, 0.2) is 54.6 Å². The van der Waals surface area contributed by atoms with Gasteiger partial charge in [0.05, 0.1) is 25.9 Å². The number of likely N-dealkylation sites (tertiary alicyclic amines) is 1. The maximum absolute atomic E-state index is 11.9. The van der Waals surface area contributed by atoms with Gasteiger partial charge in [0.1, 0.15) is 0 Å². The maximum atomic E-state index is 11.9. The summed E-state index contributed by atoms with van der Waals surface area (Å²) >= 11 is 0. The minimum atomic E-state index is -0.635. The number of methoxy groups -OCH3 is 1. The van der Waals surface area contributed by atoms with E-state index < -0.39 is 5.41 Å². The first-order chi connectivity index (χ1) is 12.6. The fraction of sp³-hybridized carbons (Fsp3) is 0.381. The molecule has 5 heteroatoms. The second kappa shape index (κ2) is 7.99. The van der Waals surface area contributed by atoms with Crippen LogP contribution in [-0.2, 0) is 11.3 Å². The highest BCUT2D eigenvalue weighted by atomic mass is 16.5. The number of carbonyl (C=O) groups excluding carboxylic acids is 1. The van der Waals surface area contributed by atoms with Crippen LogP contribution in [0, 0.1) is 5.41 Å². The molecule has 3 rings (SSSR count). The van der Waals surface area contributed by atoms with Crippen LogP contribution < -0.4 is 0 Å². The molecule has 2 N–H and O–H groups in total. The molecular weight excluding hydrogens is 330 g/mol. The Labute approximate surface area is 153 Å². The molecule has 1 fully saturated rings. The molecule has 1 saturated heterocycles. The predicted octanol–water partition coefficient (Wildman–Crippen LogP) is 2.04. The molecule has 0 aromatic heterocycles. The van der Waals surface area contributed by atoms with Gasteiger partial charge >= 0.3 is 5.97 Å². The van der Waals surface area contributed by atoms with Crippen LogP contribution in [0.5, 0.6) is 0 Å². The fourth-order valence-corrected chi connectivity index (χ4v) is 3.86. The molecule has 0 radical (unpaired) electrons. The molecule has 0 spiro atoms. The van der Waals surface area contributed by atoms with Gasteiger partial charge < -0.3 is 14.9 Å². The van der Waals surface area contributed by atoms with Crippen LogP contribution in [0.4, 0.5) is 0 Å². The molecule has 1 aliphatic rings. The molecule has 0 bridgehead atoms. The normalized spacial score (nSPS) is 19.4. The van der Waals surface area contributed by atoms with Gasteiger partial charge in [0.25, 0.3) is 0 Å². The second-order valence-corrected chi connectivity index (χ2v) is 7.00. The van der Waals surface area contributed by atoms with Crippen LogP contribution in [0.1, 0.15) is 27.4 Å². The Morgan fingerprint density at radius 1 is 1.15 bits per heavy atom. The first kappa shape index (κ1) is 18.6. The number of aliphatic hydroxyl groups is 2. The van der Waals surface area contributed by atoms with Crippen LogP contribution in [-0.4, -0.2) is 54.5 Å². The van der Waals surface area contributed by atoms with E-state index in [0.717, 1.165) is 12.1 Å². The molecule has 1 atom stereocenters. The van der Waals surface area contributed by atoms with Gasteiger partial charge in [0.15, 0.2) is 0 Å². The van der Waals surface area contributed by atoms with Crippen LogP contribution in [0.3, 0.4) is 0 Å². The highest BCUT2D eigenvalue weighted by Crippen LogP contribution is 2.43. The molecule has 0 aliphatic carbocycles. The molecule has 138 valence electrons. The van der Waals surface area contributed by atoms with Crippen LogP contribution in [0.25, 0.3) is 0 Å². The number of nitrogens with zero attached hydrogens (tertiary/aromatic N) is 1. The zero-order chi connectivity index (χ0) is 18.6. The molecule has 2 aromatic rings. The number of rotatable bonds is 6. The third-order valence-corrected chi connectivity index (χ3v) is 5.31. The minimum Gasteiger partial charge on any atom is -0.465 e. The summed E-state index contributed by atoms with van der Waals surface area (Å²) in [5.41, 5.74) is 1.98. The summed E-state index contributed by atoms with van der Waals surface area (Å²) < 4.78 is 4.81. The van der Waals surface area contributed by atoms with E-state index in [4.69, 9.17) is 4.74 Å². The van der Waals surface area contributed by atoms with Crippen molar-refractivity contribution in [3.8, 4) is 0 Å². The number of benzene rings is 2. The molecule has 1 heterocycles. The van der Waals surface area contributed by atoms with Crippen LogP contribution in [0.2, 0.25) is 0 Å². The summed E-state index contributed by atoms with van der Waals surface area (Å²) in [6, 6.07) is 17.4. The number of aliphatic hydroxyl groups excluding tert-OH is 2. The van der Waals surface area contributed by atoms with E-state index in [9.17, 15) is 15.0 Å². The molecular formula is C21H25NO4. The van der Waals surface area contributed by atoms with E-state index in [0.29, 0.717) is 18.7 Å². The average molecular weight is 355 g/mol. The molecule has 0 amide bonds. The van der Waals surface area contributed by atoms with Gasteiger partial charge in [-0.2, -0.15) is 0 Å². The van der Waals surface area contributed by atoms with Crippen molar-refractivity contribution in [1.82, 2.24) is 4.90 Å². The number of hydrogen-bond acceptors (Lipinski definition) is 5. The monoisotopic (exact) mass is 355 g/mol. The van der Waals surface area contributed by atoms with Crippen molar-refractivity contribution in [2.24, 2.45) is 5.41 Å². The van der Waals surface area contributed by atoms with Crippen molar-refractivity contribution >= 4 is 5.97 Å². The quantitative estimate of drug-likeness (QED) is 0.776. The number of esters is 1. The Morgan fingerprint density at radius 2 is 1.88 bits per heavy atom. The summed E-state index contributed by atoms with van der Waals surface area (Å²) in [6.45, 7) is 1.85. The number of hydrogen-bond donors (Lipinski definition) is 2. The molecule has 1 aliphatic heterocycles. The van der Waals surface area contributed by atoms with Crippen molar-refractivity contribution in [3.05, 3.63) is 71.3 Å². The highest BCUT2D eigenvalue weighted by Gasteiger charge is 2.46. The average Bonchev–Trinajstić information content (AvgIpc) is 3.07. The van der Waals surface area contributed by atoms with Gasteiger partial charge in [-0.25, -0.2) is 4.79 Å². The third-order valence-electron chi connectivity index (χ3n) is 5.31. The fourth-order valence-electron chi connectivity index (χ4n) is 3.86.